The lowest BCUT2D eigenvalue weighted by Crippen LogP contribution is -2.37. The average Bonchev–Trinajstić information content (AvgIpc) is 2.75. The smallest absolute Gasteiger partial charge is 0.261 e. The zero-order valence-corrected chi connectivity index (χ0v) is 15.6. The lowest BCUT2D eigenvalue weighted by Gasteiger charge is -2.16. The Morgan fingerprint density at radius 1 is 1.32 bits per heavy atom. The summed E-state index contributed by atoms with van der Waals surface area (Å²) in [7, 11) is 1.85. The van der Waals surface area contributed by atoms with Gasteiger partial charge in [0.25, 0.3) is 5.91 Å². The first-order chi connectivity index (χ1) is 9.65. The van der Waals surface area contributed by atoms with Gasteiger partial charge >= 0.3 is 0 Å². The summed E-state index contributed by atoms with van der Waals surface area (Å²) in [5.74, 6) is -0.157. The number of carbonyl (C=O) groups is 2. The normalized spacial score (nSPS) is 12.3. The minimum atomic E-state index is -0.456. The summed E-state index contributed by atoms with van der Waals surface area (Å²) in [6.45, 7) is 10.0. The van der Waals surface area contributed by atoms with E-state index in [0.717, 1.165) is 5.56 Å². The summed E-state index contributed by atoms with van der Waals surface area (Å²) in [5.41, 5.74) is 0.418. The molecule has 0 aliphatic heterocycles. The molecule has 0 radical (unpaired) electrons. The van der Waals surface area contributed by atoms with Crippen LogP contribution in [0.5, 0.6) is 0 Å². The molecule has 1 atom stereocenters. The second-order valence-electron chi connectivity index (χ2n) is 6.23. The van der Waals surface area contributed by atoms with Crippen molar-refractivity contribution in [3.05, 3.63) is 16.5 Å². The Morgan fingerprint density at radius 3 is 2.41 bits per heavy atom. The third-order valence-corrected chi connectivity index (χ3v) is 4.25. The number of hydrogen-bond donors (Lipinski definition) is 3. The first-order valence-electron chi connectivity index (χ1n) is 7.02. The Hall–Kier alpha value is -1.11. The van der Waals surface area contributed by atoms with Gasteiger partial charge in [0.15, 0.2) is 0 Å². The fourth-order valence-corrected chi connectivity index (χ4v) is 2.48. The highest BCUT2D eigenvalue weighted by Crippen LogP contribution is 2.28. The maximum Gasteiger partial charge on any atom is 0.261 e. The van der Waals surface area contributed by atoms with Crippen LogP contribution in [0.3, 0.4) is 0 Å². The molecule has 0 saturated carbocycles. The van der Waals surface area contributed by atoms with Crippen molar-refractivity contribution < 1.29 is 9.59 Å². The molecule has 0 bridgehead atoms. The van der Waals surface area contributed by atoms with Gasteiger partial charge < -0.3 is 16.0 Å². The van der Waals surface area contributed by atoms with E-state index >= 15 is 0 Å². The van der Waals surface area contributed by atoms with E-state index < -0.39 is 5.41 Å². The Balaban J connectivity index is 0.00000441. The van der Waals surface area contributed by atoms with Gasteiger partial charge in [-0.15, -0.1) is 23.7 Å². The summed E-state index contributed by atoms with van der Waals surface area (Å²) in [6.07, 6.45) is 0. The first-order valence-corrected chi connectivity index (χ1v) is 7.84. The summed E-state index contributed by atoms with van der Waals surface area (Å²) >= 11 is 1.31. The fourth-order valence-electron chi connectivity index (χ4n) is 1.50. The number of carbonyl (C=O) groups excluding carboxylic acids is 2. The maximum absolute atomic E-state index is 12.1. The van der Waals surface area contributed by atoms with Crippen LogP contribution in [-0.2, 0) is 4.79 Å². The highest BCUT2D eigenvalue weighted by atomic mass is 35.5. The average molecular weight is 348 g/mol. The predicted octanol–water partition coefficient (Wildman–Crippen LogP) is 2.80. The van der Waals surface area contributed by atoms with Gasteiger partial charge in [-0.2, -0.15) is 0 Å². The molecule has 1 heterocycles. The van der Waals surface area contributed by atoms with Crippen LogP contribution >= 0.6 is 23.7 Å². The minimum absolute atomic E-state index is 0. The molecule has 1 unspecified atom stereocenters. The van der Waals surface area contributed by atoms with Crippen molar-refractivity contribution >= 4 is 40.6 Å². The number of amides is 2. The molecule has 0 spiro atoms. The van der Waals surface area contributed by atoms with Crippen molar-refractivity contribution in [2.75, 3.05) is 18.9 Å². The molecular formula is C15H26ClN3O2S. The highest BCUT2D eigenvalue weighted by molar-refractivity contribution is 7.18. The molecule has 5 nitrogen and oxygen atoms in total. The van der Waals surface area contributed by atoms with Crippen molar-refractivity contribution in [2.45, 2.75) is 40.7 Å². The largest absolute Gasteiger partial charge is 0.350 e. The standard InChI is InChI=1S/C15H25N3O2S.ClH/c1-9-7-11(18-14(20)15(3,4)5)21-12(9)13(19)17-8-10(2)16-6;/h7,10,16H,8H2,1-6H3,(H,17,19)(H,18,20);1H. The number of nitrogens with one attached hydrogen (secondary N) is 3. The number of halogens is 1. The number of rotatable bonds is 5. The number of aryl methyl sites for hydroxylation is 1. The number of likely N-dealkylation sites (N-methyl/N-ethyl adjacent to an activating group) is 1. The second-order valence-corrected chi connectivity index (χ2v) is 7.28. The van der Waals surface area contributed by atoms with Gasteiger partial charge in [-0.05, 0) is 32.5 Å². The third-order valence-electron chi connectivity index (χ3n) is 3.10. The van der Waals surface area contributed by atoms with Crippen LogP contribution in [-0.4, -0.2) is 31.4 Å². The van der Waals surface area contributed by atoms with Crippen LogP contribution in [0.4, 0.5) is 5.00 Å². The van der Waals surface area contributed by atoms with Gasteiger partial charge in [0.1, 0.15) is 0 Å². The minimum Gasteiger partial charge on any atom is -0.350 e. The third kappa shape index (κ3) is 5.94. The van der Waals surface area contributed by atoms with Gasteiger partial charge in [0, 0.05) is 18.0 Å². The molecule has 22 heavy (non-hydrogen) atoms. The summed E-state index contributed by atoms with van der Waals surface area (Å²) in [4.78, 5) is 24.7. The lowest BCUT2D eigenvalue weighted by atomic mass is 9.96. The first kappa shape index (κ1) is 20.9. The fraction of sp³-hybridized carbons (Fsp3) is 0.600. The van der Waals surface area contributed by atoms with E-state index in [0.29, 0.717) is 16.4 Å². The Kier molecular flexibility index (Phi) is 8.07. The second kappa shape index (κ2) is 8.50. The van der Waals surface area contributed by atoms with Gasteiger partial charge in [0.2, 0.25) is 5.91 Å². The van der Waals surface area contributed by atoms with Crippen molar-refractivity contribution in [3.8, 4) is 0 Å². The summed E-state index contributed by atoms with van der Waals surface area (Å²) in [5, 5.41) is 9.52. The van der Waals surface area contributed by atoms with E-state index in [1.807, 2.05) is 47.7 Å². The molecule has 1 aromatic heterocycles. The van der Waals surface area contributed by atoms with Crippen LogP contribution < -0.4 is 16.0 Å². The molecule has 2 amide bonds. The van der Waals surface area contributed by atoms with Crippen molar-refractivity contribution in [2.24, 2.45) is 5.41 Å². The topological polar surface area (TPSA) is 70.2 Å². The van der Waals surface area contributed by atoms with Crippen LogP contribution in [0.2, 0.25) is 0 Å². The van der Waals surface area contributed by atoms with Crippen LogP contribution in [0.15, 0.2) is 6.07 Å². The zero-order valence-electron chi connectivity index (χ0n) is 14.0. The molecule has 1 aromatic rings. The van der Waals surface area contributed by atoms with Gasteiger partial charge in [-0.1, -0.05) is 20.8 Å². The van der Waals surface area contributed by atoms with Crippen LogP contribution in [0.1, 0.15) is 42.9 Å². The quantitative estimate of drug-likeness (QED) is 0.767. The maximum atomic E-state index is 12.1. The zero-order chi connectivity index (χ0) is 16.2. The van der Waals surface area contributed by atoms with E-state index in [1.54, 1.807) is 0 Å². The van der Waals surface area contributed by atoms with Gasteiger partial charge in [-0.25, -0.2) is 0 Å². The van der Waals surface area contributed by atoms with E-state index in [2.05, 4.69) is 16.0 Å². The van der Waals surface area contributed by atoms with E-state index in [9.17, 15) is 9.59 Å². The molecular weight excluding hydrogens is 322 g/mol. The van der Waals surface area contributed by atoms with Crippen LogP contribution in [0, 0.1) is 12.3 Å². The summed E-state index contributed by atoms with van der Waals surface area (Å²) < 4.78 is 0. The van der Waals surface area contributed by atoms with Crippen molar-refractivity contribution in [1.29, 1.82) is 0 Å². The SMILES string of the molecule is CNC(C)CNC(=O)c1sc(NC(=O)C(C)(C)C)cc1C.Cl. The summed E-state index contributed by atoms with van der Waals surface area (Å²) in [6, 6.07) is 2.05. The van der Waals surface area contributed by atoms with E-state index in [1.165, 1.54) is 11.3 Å². The predicted molar refractivity (Wildman–Crippen MR) is 95.2 cm³/mol. The van der Waals surface area contributed by atoms with Gasteiger partial charge in [0.05, 0.1) is 9.88 Å². The molecule has 0 aromatic carbocycles. The van der Waals surface area contributed by atoms with Gasteiger partial charge in [-0.3, -0.25) is 9.59 Å². The van der Waals surface area contributed by atoms with Crippen LogP contribution in [0.25, 0.3) is 0 Å². The number of thiophene rings is 1. The molecule has 0 aliphatic rings. The molecule has 7 heteroatoms. The monoisotopic (exact) mass is 347 g/mol. The molecule has 0 aliphatic carbocycles. The molecule has 126 valence electrons. The van der Waals surface area contributed by atoms with E-state index in [4.69, 9.17) is 0 Å². The number of anilines is 1. The highest BCUT2D eigenvalue weighted by Gasteiger charge is 2.23. The van der Waals surface area contributed by atoms with E-state index in [-0.39, 0.29) is 30.3 Å². The molecule has 1 rings (SSSR count). The Morgan fingerprint density at radius 2 is 1.91 bits per heavy atom. The lowest BCUT2D eigenvalue weighted by molar-refractivity contribution is -0.123. The molecule has 3 N–H and O–H groups in total. The Bertz CT molecular complexity index is 523. The molecule has 0 fully saturated rings. The van der Waals surface area contributed by atoms with Crippen molar-refractivity contribution in [3.63, 3.8) is 0 Å². The number of hydrogen-bond acceptors (Lipinski definition) is 4. The Labute approximate surface area is 142 Å². The van der Waals surface area contributed by atoms with Crippen molar-refractivity contribution in [1.82, 2.24) is 10.6 Å². The molecule has 0 saturated heterocycles.